The number of nitrogens with zero attached hydrogens (tertiary/aromatic N) is 1. The molecule has 0 saturated carbocycles. The molecule has 1 fully saturated rings. The van der Waals surface area contributed by atoms with Crippen LogP contribution in [-0.4, -0.2) is 28.8 Å². The minimum Gasteiger partial charge on any atom is -0.356 e. The lowest BCUT2D eigenvalue weighted by atomic mass is 9.83. The number of aromatic amines is 1. The van der Waals surface area contributed by atoms with E-state index in [2.05, 4.69) is 12.0 Å². The fourth-order valence-corrected chi connectivity index (χ4v) is 4.07. The summed E-state index contributed by atoms with van der Waals surface area (Å²) in [5.41, 5.74) is 2.27. The van der Waals surface area contributed by atoms with E-state index in [0.717, 1.165) is 29.8 Å². The van der Waals surface area contributed by atoms with Crippen LogP contribution in [0.4, 0.5) is 0 Å². The van der Waals surface area contributed by atoms with Gasteiger partial charge in [-0.05, 0) is 44.0 Å². The third kappa shape index (κ3) is 2.26. The van der Waals surface area contributed by atoms with Crippen molar-refractivity contribution in [3.05, 3.63) is 50.9 Å². The van der Waals surface area contributed by atoms with Crippen molar-refractivity contribution in [2.24, 2.45) is 0 Å². The number of hydrogen-bond acceptors (Lipinski definition) is 3. The highest BCUT2D eigenvalue weighted by atomic mass is 35.5. The smallest absolute Gasteiger partial charge is 0.275 e. The summed E-state index contributed by atoms with van der Waals surface area (Å²) in [7, 11) is 1.66. The molecule has 4 rings (SSSR count). The molecule has 0 bridgehead atoms. The first-order valence-electron chi connectivity index (χ1n) is 7.82. The number of hydrogen-bond donors (Lipinski definition) is 1. The van der Waals surface area contributed by atoms with Crippen molar-refractivity contribution in [3.63, 3.8) is 0 Å². The van der Waals surface area contributed by atoms with Crippen LogP contribution in [0.5, 0.6) is 0 Å². The molecule has 0 radical (unpaired) electrons. The Kier molecular flexibility index (Phi) is 3.41. The Hall–Kier alpha value is -1.56. The van der Waals surface area contributed by atoms with Crippen LogP contribution in [0.2, 0.25) is 5.02 Å². The SMILES string of the molecule is CO[C@@H]1CC[C@@H]2c3c([nH]n(-c4ccc(Cl)cc4)c3=O)C[C@]2(C)O1. The molecule has 1 N–H and O–H groups in total. The van der Waals surface area contributed by atoms with Crippen LogP contribution in [0.3, 0.4) is 0 Å². The average molecular weight is 335 g/mol. The standard InChI is InChI=1S/C17H19ClN2O3/c1-17-9-13-15(12(17)7-8-14(22-2)23-17)16(21)20(19-13)11-5-3-10(18)4-6-11/h3-6,12,14,19H,7-9H2,1-2H3/t12-,14+,17+/m1/s1. The summed E-state index contributed by atoms with van der Waals surface area (Å²) < 4.78 is 13.0. The zero-order valence-corrected chi connectivity index (χ0v) is 13.9. The fourth-order valence-electron chi connectivity index (χ4n) is 3.94. The van der Waals surface area contributed by atoms with E-state index in [0.29, 0.717) is 11.4 Å². The van der Waals surface area contributed by atoms with Crippen molar-refractivity contribution in [1.29, 1.82) is 0 Å². The first-order chi connectivity index (χ1) is 11.0. The molecule has 1 saturated heterocycles. The van der Waals surface area contributed by atoms with Gasteiger partial charge in [-0.2, -0.15) is 0 Å². The molecule has 1 aromatic heterocycles. The van der Waals surface area contributed by atoms with Crippen molar-refractivity contribution in [1.82, 2.24) is 9.78 Å². The van der Waals surface area contributed by atoms with Gasteiger partial charge in [-0.25, -0.2) is 4.68 Å². The number of ether oxygens (including phenoxy) is 2. The topological polar surface area (TPSA) is 56.2 Å². The van der Waals surface area contributed by atoms with E-state index >= 15 is 0 Å². The van der Waals surface area contributed by atoms with Gasteiger partial charge in [-0.3, -0.25) is 9.89 Å². The zero-order valence-electron chi connectivity index (χ0n) is 13.1. The van der Waals surface area contributed by atoms with Crippen LogP contribution in [0.15, 0.2) is 29.1 Å². The molecule has 0 amide bonds. The van der Waals surface area contributed by atoms with Crippen LogP contribution < -0.4 is 5.56 Å². The van der Waals surface area contributed by atoms with Gasteiger partial charge in [0.15, 0.2) is 6.29 Å². The summed E-state index contributed by atoms with van der Waals surface area (Å²) in [6.07, 6.45) is 2.22. The maximum Gasteiger partial charge on any atom is 0.275 e. The van der Waals surface area contributed by atoms with E-state index in [9.17, 15) is 4.79 Å². The largest absolute Gasteiger partial charge is 0.356 e. The molecule has 1 aliphatic heterocycles. The van der Waals surface area contributed by atoms with Crippen molar-refractivity contribution >= 4 is 11.6 Å². The third-order valence-electron chi connectivity index (χ3n) is 5.06. The highest BCUT2D eigenvalue weighted by Crippen LogP contribution is 2.48. The summed E-state index contributed by atoms with van der Waals surface area (Å²) in [4.78, 5) is 12.9. The van der Waals surface area contributed by atoms with Crippen LogP contribution >= 0.6 is 11.6 Å². The van der Waals surface area contributed by atoms with Gasteiger partial charge in [0.25, 0.3) is 5.56 Å². The Labute approximate surface area is 139 Å². The van der Waals surface area contributed by atoms with Crippen LogP contribution in [0, 0.1) is 0 Å². The molecule has 122 valence electrons. The van der Waals surface area contributed by atoms with Gasteiger partial charge in [-0.15, -0.1) is 0 Å². The lowest BCUT2D eigenvalue weighted by Crippen LogP contribution is -2.44. The second-order valence-electron chi connectivity index (χ2n) is 6.52. The lowest BCUT2D eigenvalue weighted by Gasteiger charge is -2.40. The monoisotopic (exact) mass is 334 g/mol. The highest BCUT2D eigenvalue weighted by molar-refractivity contribution is 6.30. The molecule has 0 spiro atoms. The molecule has 0 unspecified atom stereocenters. The van der Waals surface area contributed by atoms with E-state index in [-0.39, 0.29) is 23.4 Å². The van der Waals surface area contributed by atoms with E-state index in [1.54, 1.807) is 23.9 Å². The van der Waals surface area contributed by atoms with Crippen LogP contribution in [0.1, 0.15) is 36.9 Å². The Morgan fingerprint density at radius 1 is 1.35 bits per heavy atom. The molecule has 1 aliphatic carbocycles. The second kappa shape index (κ2) is 5.23. The van der Waals surface area contributed by atoms with Gasteiger partial charge in [0, 0.05) is 35.7 Å². The number of benzene rings is 1. The maximum absolute atomic E-state index is 12.9. The summed E-state index contributed by atoms with van der Waals surface area (Å²) >= 11 is 5.92. The van der Waals surface area contributed by atoms with Gasteiger partial charge in [0.1, 0.15) is 0 Å². The van der Waals surface area contributed by atoms with Crippen molar-refractivity contribution in [3.8, 4) is 5.69 Å². The Balaban J connectivity index is 1.73. The van der Waals surface area contributed by atoms with Crippen molar-refractivity contribution in [2.45, 2.75) is 44.0 Å². The normalized spacial score (nSPS) is 29.3. The lowest BCUT2D eigenvalue weighted by molar-refractivity contribution is -0.223. The number of methoxy groups -OCH3 is 1. The molecule has 2 aromatic rings. The molecule has 3 atom stereocenters. The molecule has 1 aromatic carbocycles. The van der Waals surface area contributed by atoms with Gasteiger partial charge < -0.3 is 9.47 Å². The molecular weight excluding hydrogens is 316 g/mol. The number of rotatable bonds is 2. The maximum atomic E-state index is 12.9. The summed E-state index contributed by atoms with van der Waals surface area (Å²) in [5.74, 6) is 0.112. The molecule has 6 heteroatoms. The van der Waals surface area contributed by atoms with E-state index in [1.807, 2.05) is 12.1 Å². The van der Waals surface area contributed by atoms with E-state index in [4.69, 9.17) is 21.1 Å². The van der Waals surface area contributed by atoms with Gasteiger partial charge in [-0.1, -0.05) is 11.6 Å². The molecule has 23 heavy (non-hydrogen) atoms. The van der Waals surface area contributed by atoms with Crippen molar-refractivity contribution < 1.29 is 9.47 Å². The average Bonchev–Trinajstić information content (AvgIpc) is 3.00. The number of aromatic nitrogens is 2. The predicted octanol–water partition coefficient (Wildman–Crippen LogP) is 3.00. The predicted molar refractivity (Wildman–Crippen MR) is 87.4 cm³/mol. The Morgan fingerprint density at radius 3 is 2.78 bits per heavy atom. The van der Waals surface area contributed by atoms with Crippen LogP contribution in [0.25, 0.3) is 5.69 Å². The highest BCUT2D eigenvalue weighted by Gasteiger charge is 2.50. The van der Waals surface area contributed by atoms with Crippen LogP contribution in [-0.2, 0) is 15.9 Å². The van der Waals surface area contributed by atoms with E-state index < -0.39 is 0 Å². The van der Waals surface area contributed by atoms with E-state index in [1.165, 1.54) is 0 Å². The Bertz CT molecular complexity index is 795. The third-order valence-corrected chi connectivity index (χ3v) is 5.31. The van der Waals surface area contributed by atoms with Gasteiger partial charge in [0.2, 0.25) is 0 Å². The summed E-state index contributed by atoms with van der Waals surface area (Å²) in [6, 6.07) is 7.25. The number of nitrogens with one attached hydrogen (secondary N) is 1. The molecule has 5 nitrogen and oxygen atoms in total. The second-order valence-corrected chi connectivity index (χ2v) is 6.96. The number of fused-ring (bicyclic) bond motifs is 3. The fraction of sp³-hybridized carbons (Fsp3) is 0.471. The minimum absolute atomic E-state index is 0.00974. The van der Waals surface area contributed by atoms with Crippen molar-refractivity contribution in [2.75, 3.05) is 7.11 Å². The first kappa shape index (κ1) is 15.0. The Morgan fingerprint density at radius 2 is 2.09 bits per heavy atom. The molecular formula is C17H19ClN2O3. The quantitative estimate of drug-likeness (QED) is 0.918. The number of H-pyrrole nitrogens is 1. The minimum atomic E-state index is -0.363. The number of halogens is 1. The zero-order chi connectivity index (χ0) is 16.2. The summed E-state index contributed by atoms with van der Waals surface area (Å²) in [5, 5.41) is 3.90. The summed E-state index contributed by atoms with van der Waals surface area (Å²) in [6.45, 7) is 2.07. The molecule has 2 heterocycles. The molecule has 2 aliphatic rings. The van der Waals surface area contributed by atoms with Gasteiger partial charge >= 0.3 is 0 Å². The first-order valence-corrected chi connectivity index (χ1v) is 8.20. The van der Waals surface area contributed by atoms with Gasteiger partial charge in [0.05, 0.1) is 11.3 Å².